The van der Waals surface area contributed by atoms with E-state index in [-0.39, 0.29) is 11.4 Å². The summed E-state index contributed by atoms with van der Waals surface area (Å²) in [4.78, 5) is 21.0. The van der Waals surface area contributed by atoms with Gasteiger partial charge < -0.3 is 10.5 Å². The number of rotatable bonds is 2. The fourth-order valence-corrected chi connectivity index (χ4v) is 1.61. The third kappa shape index (κ3) is 2.00. The summed E-state index contributed by atoms with van der Waals surface area (Å²) in [6.07, 6.45) is -0.955. The topological polar surface area (TPSA) is 95.5 Å². The first-order chi connectivity index (χ1) is 8.09. The number of carbonyl (C=O) groups is 1. The third-order valence-electron chi connectivity index (χ3n) is 2.27. The zero-order valence-electron chi connectivity index (χ0n) is 8.62. The highest BCUT2D eigenvalue weighted by molar-refractivity contribution is 5.96. The van der Waals surface area contributed by atoms with Crippen LogP contribution in [0.25, 0.3) is 10.8 Å². The van der Waals surface area contributed by atoms with E-state index >= 15 is 0 Å². The Morgan fingerprint density at radius 1 is 1.18 bits per heavy atom. The number of nitrogens with zero attached hydrogens (tertiary/aromatic N) is 1. The van der Waals surface area contributed by atoms with Gasteiger partial charge >= 0.3 is 6.09 Å². The highest BCUT2D eigenvalue weighted by Gasteiger charge is 2.15. The first kappa shape index (κ1) is 10.9. The maximum atomic E-state index is 10.8. The van der Waals surface area contributed by atoms with Crippen molar-refractivity contribution in [2.75, 3.05) is 0 Å². The number of primary amides is 1. The number of hydrogen-bond acceptors (Lipinski definition) is 4. The number of hydrogen-bond donors (Lipinski definition) is 1. The molecule has 0 aromatic heterocycles. The van der Waals surface area contributed by atoms with E-state index in [0.717, 1.165) is 0 Å². The molecule has 0 spiro atoms. The van der Waals surface area contributed by atoms with Crippen molar-refractivity contribution in [2.24, 2.45) is 5.73 Å². The molecule has 2 aromatic rings. The molecule has 0 saturated carbocycles. The van der Waals surface area contributed by atoms with E-state index in [1.54, 1.807) is 24.3 Å². The zero-order chi connectivity index (χ0) is 12.4. The summed E-state index contributed by atoms with van der Waals surface area (Å²) in [7, 11) is 0. The van der Waals surface area contributed by atoms with Crippen LogP contribution in [0.15, 0.2) is 36.4 Å². The van der Waals surface area contributed by atoms with E-state index in [1.807, 2.05) is 0 Å². The van der Waals surface area contributed by atoms with Crippen LogP contribution in [0.5, 0.6) is 5.75 Å². The molecule has 6 nitrogen and oxygen atoms in total. The van der Waals surface area contributed by atoms with E-state index in [2.05, 4.69) is 0 Å². The van der Waals surface area contributed by atoms with Crippen LogP contribution in [0, 0.1) is 10.1 Å². The molecule has 0 aliphatic heterocycles. The third-order valence-corrected chi connectivity index (χ3v) is 2.27. The van der Waals surface area contributed by atoms with Gasteiger partial charge in [0.1, 0.15) is 5.75 Å². The maximum absolute atomic E-state index is 10.8. The van der Waals surface area contributed by atoms with E-state index < -0.39 is 11.0 Å². The summed E-state index contributed by atoms with van der Waals surface area (Å²) in [5.74, 6) is 0.207. The van der Waals surface area contributed by atoms with Crippen molar-refractivity contribution in [3.05, 3.63) is 46.5 Å². The van der Waals surface area contributed by atoms with Gasteiger partial charge in [-0.2, -0.15) is 0 Å². The molecule has 17 heavy (non-hydrogen) atoms. The lowest BCUT2D eigenvalue weighted by Gasteiger charge is -2.05. The Kier molecular flexibility index (Phi) is 2.61. The molecule has 2 rings (SSSR count). The van der Waals surface area contributed by atoms with Crippen LogP contribution < -0.4 is 10.5 Å². The number of nitro benzene ring substituents is 1. The summed E-state index contributed by atoms with van der Waals surface area (Å²) in [5.41, 5.74) is 4.87. The average molecular weight is 232 g/mol. The molecule has 6 heteroatoms. The monoisotopic (exact) mass is 232 g/mol. The number of amides is 1. The van der Waals surface area contributed by atoms with Crippen molar-refractivity contribution in [3.8, 4) is 5.75 Å². The Labute approximate surface area is 95.7 Å². The van der Waals surface area contributed by atoms with Gasteiger partial charge in [0, 0.05) is 11.5 Å². The highest BCUT2D eigenvalue weighted by atomic mass is 16.6. The highest BCUT2D eigenvalue weighted by Crippen LogP contribution is 2.32. The van der Waals surface area contributed by atoms with Crippen molar-refractivity contribution in [1.29, 1.82) is 0 Å². The molecule has 0 aliphatic rings. The Balaban J connectivity index is 2.70. The number of carbonyl (C=O) groups excluding carboxylic acids is 1. The minimum absolute atomic E-state index is 0.0441. The SMILES string of the molecule is NC(=O)Oc1ccc([N+](=O)[O-])c2ccccc12. The molecule has 0 atom stereocenters. The number of nitrogens with two attached hydrogens (primary N) is 1. The Morgan fingerprint density at radius 2 is 1.82 bits per heavy atom. The van der Waals surface area contributed by atoms with Crippen molar-refractivity contribution < 1.29 is 14.5 Å². The molecule has 0 heterocycles. The number of nitro groups is 1. The second-order valence-electron chi connectivity index (χ2n) is 3.31. The lowest BCUT2D eigenvalue weighted by atomic mass is 10.1. The smallest absolute Gasteiger partial charge is 0.409 e. The average Bonchev–Trinajstić information content (AvgIpc) is 2.28. The van der Waals surface area contributed by atoms with E-state index in [0.29, 0.717) is 10.8 Å². The van der Waals surface area contributed by atoms with Crippen LogP contribution in [0.4, 0.5) is 10.5 Å². The summed E-state index contributed by atoms with van der Waals surface area (Å²) in [6, 6.07) is 9.21. The van der Waals surface area contributed by atoms with Gasteiger partial charge in [-0.15, -0.1) is 0 Å². The number of fused-ring (bicyclic) bond motifs is 1. The van der Waals surface area contributed by atoms with Crippen molar-refractivity contribution in [2.45, 2.75) is 0 Å². The van der Waals surface area contributed by atoms with Crippen LogP contribution in [-0.4, -0.2) is 11.0 Å². The quantitative estimate of drug-likeness (QED) is 0.634. The van der Waals surface area contributed by atoms with Gasteiger partial charge in [-0.25, -0.2) is 4.79 Å². The first-order valence-corrected chi connectivity index (χ1v) is 4.73. The predicted molar refractivity (Wildman–Crippen MR) is 60.8 cm³/mol. The lowest BCUT2D eigenvalue weighted by molar-refractivity contribution is -0.383. The normalized spacial score (nSPS) is 10.1. The minimum Gasteiger partial charge on any atom is -0.410 e. The predicted octanol–water partition coefficient (Wildman–Crippen LogP) is 2.21. The number of ether oxygens (including phenoxy) is 1. The molecule has 0 radical (unpaired) electrons. The second-order valence-corrected chi connectivity index (χ2v) is 3.31. The Hall–Kier alpha value is -2.63. The molecule has 1 amide bonds. The first-order valence-electron chi connectivity index (χ1n) is 4.73. The fraction of sp³-hybridized carbons (Fsp3) is 0. The van der Waals surface area contributed by atoms with Crippen LogP contribution in [0.2, 0.25) is 0 Å². The number of benzene rings is 2. The molecule has 86 valence electrons. The van der Waals surface area contributed by atoms with E-state index in [1.165, 1.54) is 12.1 Å². The Bertz CT molecular complexity index is 609. The van der Waals surface area contributed by atoms with Crippen molar-refractivity contribution in [3.63, 3.8) is 0 Å². The van der Waals surface area contributed by atoms with Gasteiger partial charge in [-0.1, -0.05) is 18.2 Å². The largest absolute Gasteiger partial charge is 0.410 e. The van der Waals surface area contributed by atoms with Crippen LogP contribution in [-0.2, 0) is 0 Å². The summed E-state index contributed by atoms with van der Waals surface area (Å²) in [5, 5.41) is 11.7. The molecule has 2 aromatic carbocycles. The van der Waals surface area contributed by atoms with Crippen LogP contribution in [0.1, 0.15) is 0 Å². The molecule has 0 fully saturated rings. The molecule has 0 unspecified atom stereocenters. The van der Waals surface area contributed by atoms with Gasteiger partial charge in [0.2, 0.25) is 0 Å². The van der Waals surface area contributed by atoms with Crippen LogP contribution in [0.3, 0.4) is 0 Å². The van der Waals surface area contributed by atoms with E-state index in [4.69, 9.17) is 10.5 Å². The van der Waals surface area contributed by atoms with Crippen LogP contribution >= 0.6 is 0 Å². The van der Waals surface area contributed by atoms with Gasteiger partial charge in [0.15, 0.2) is 0 Å². The van der Waals surface area contributed by atoms with Crippen molar-refractivity contribution in [1.82, 2.24) is 0 Å². The number of non-ortho nitro benzene ring substituents is 1. The molecule has 0 bridgehead atoms. The maximum Gasteiger partial charge on any atom is 0.409 e. The van der Waals surface area contributed by atoms with Crippen molar-refractivity contribution >= 4 is 22.6 Å². The summed E-state index contributed by atoms with van der Waals surface area (Å²) < 4.78 is 4.78. The summed E-state index contributed by atoms with van der Waals surface area (Å²) in [6.45, 7) is 0. The molecule has 2 N–H and O–H groups in total. The molecule has 0 saturated heterocycles. The second kappa shape index (κ2) is 4.09. The van der Waals surface area contributed by atoms with Gasteiger partial charge in [0.05, 0.1) is 10.3 Å². The fourth-order valence-electron chi connectivity index (χ4n) is 1.61. The van der Waals surface area contributed by atoms with E-state index in [9.17, 15) is 14.9 Å². The van der Waals surface area contributed by atoms with Gasteiger partial charge in [-0.05, 0) is 12.1 Å². The molecule has 0 aliphatic carbocycles. The standard InChI is InChI=1S/C11H8N2O4/c12-11(14)17-10-6-5-9(13(15)16)7-3-1-2-4-8(7)10/h1-6H,(H2,12,14). The zero-order valence-corrected chi connectivity index (χ0v) is 8.62. The Morgan fingerprint density at radius 3 is 2.41 bits per heavy atom. The summed E-state index contributed by atoms with van der Waals surface area (Å²) >= 11 is 0. The molecular formula is C11H8N2O4. The minimum atomic E-state index is -0.955. The van der Waals surface area contributed by atoms with Gasteiger partial charge in [0.25, 0.3) is 5.69 Å². The van der Waals surface area contributed by atoms with Gasteiger partial charge in [-0.3, -0.25) is 10.1 Å². The lowest BCUT2D eigenvalue weighted by Crippen LogP contribution is -2.16. The molecular weight excluding hydrogens is 224 g/mol.